The molecule has 0 aliphatic rings. The summed E-state index contributed by atoms with van der Waals surface area (Å²) in [5.41, 5.74) is 2.33. The Kier molecular flexibility index (Phi) is 4.47. The first-order valence-corrected chi connectivity index (χ1v) is 6.65. The van der Waals surface area contributed by atoms with E-state index in [1.165, 1.54) is 6.07 Å². The second kappa shape index (κ2) is 6.11. The van der Waals surface area contributed by atoms with E-state index < -0.39 is 4.92 Å². The van der Waals surface area contributed by atoms with E-state index in [4.69, 9.17) is 23.2 Å². The van der Waals surface area contributed by atoms with Crippen LogP contribution < -0.4 is 5.32 Å². The summed E-state index contributed by atoms with van der Waals surface area (Å²) in [6.07, 6.45) is 0. The Balaban J connectivity index is 2.22. The highest BCUT2D eigenvalue weighted by atomic mass is 35.5. The predicted molar refractivity (Wildman–Crippen MR) is 81.6 cm³/mol. The molecule has 0 unspecified atom stereocenters. The summed E-state index contributed by atoms with van der Waals surface area (Å²) >= 11 is 11.8. The van der Waals surface area contributed by atoms with Crippen LogP contribution in [-0.2, 0) is 6.54 Å². The minimum Gasteiger partial charge on any atom is -0.375 e. The first-order valence-electron chi connectivity index (χ1n) is 5.89. The van der Waals surface area contributed by atoms with Gasteiger partial charge < -0.3 is 5.32 Å². The van der Waals surface area contributed by atoms with E-state index in [1.54, 1.807) is 30.3 Å². The van der Waals surface area contributed by atoms with Gasteiger partial charge in [-0.1, -0.05) is 29.3 Å². The molecule has 0 amide bonds. The first-order chi connectivity index (χ1) is 9.45. The molecule has 0 aromatic heterocycles. The molecule has 2 rings (SSSR count). The molecular weight excluding hydrogens is 299 g/mol. The molecule has 0 saturated heterocycles. The van der Waals surface area contributed by atoms with E-state index in [9.17, 15) is 10.1 Å². The second-order valence-electron chi connectivity index (χ2n) is 4.41. The minimum atomic E-state index is -0.410. The number of nitro benzene ring substituents is 1. The summed E-state index contributed by atoms with van der Waals surface area (Å²) in [5, 5.41) is 15.1. The fourth-order valence-electron chi connectivity index (χ4n) is 1.86. The van der Waals surface area contributed by atoms with Crippen LogP contribution in [0, 0.1) is 17.0 Å². The largest absolute Gasteiger partial charge is 0.375 e. The van der Waals surface area contributed by atoms with Crippen molar-refractivity contribution in [1.82, 2.24) is 0 Å². The van der Waals surface area contributed by atoms with E-state index >= 15 is 0 Å². The third kappa shape index (κ3) is 3.62. The van der Waals surface area contributed by atoms with E-state index in [2.05, 4.69) is 5.32 Å². The molecule has 20 heavy (non-hydrogen) atoms. The normalized spacial score (nSPS) is 10.3. The SMILES string of the molecule is Cc1ccc([N+](=O)[O-])c(NCc2cc(Cl)cc(Cl)c2)c1. The van der Waals surface area contributed by atoms with Gasteiger partial charge in [-0.05, 0) is 42.3 Å². The van der Waals surface area contributed by atoms with E-state index in [0.29, 0.717) is 22.3 Å². The number of aryl methyl sites for hydroxylation is 1. The van der Waals surface area contributed by atoms with Crippen LogP contribution in [0.1, 0.15) is 11.1 Å². The van der Waals surface area contributed by atoms with E-state index in [-0.39, 0.29) is 5.69 Å². The number of nitrogens with zero attached hydrogens (tertiary/aromatic N) is 1. The molecule has 0 fully saturated rings. The van der Waals surface area contributed by atoms with Crippen molar-refractivity contribution < 1.29 is 4.92 Å². The Morgan fingerprint density at radius 3 is 2.40 bits per heavy atom. The number of nitrogens with one attached hydrogen (secondary N) is 1. The van der Waals surface area contributed by atoms with Crippen molar-refractivity contribution in [1.29, 1.82) is 0 Å². The minimum absolute atomic E-state index is 0.0451. The molecule has 104 valence electrons. The zero-order valence-electron chi connectivity index (χ0n) is 10.7. The number of benzene rings is 2. The van der Waals surface area contributed by atoms with Crippen LogP contribution in [-0.4, -0.2) is 4.92 Å². The number of halogens is 2. The van der Waals surface area contributed by atoms with Crippen LogP contribution in [0.2, 0.25) is 10.0 Å². The molecule has 0 aliphatic heterocycles. The Hall–Kier alpha value is -1.78. The van der Waals surface area contributed by atoms with Crippen molar-refractivity contribution in [3.8, 4) is 0 Å². The fraction of sp³-hybridized carbons (Fsp3) is 0.143. The van der Waals surface area contributed by atoms with Crippen molar-refractivity contribution >= 4 is 34.6 Å². The molecule has 0 heterocycles. The molecule has 2 aromatic rings. The third-order valence-corrected chi connectivity index (χ3v) is 3.19. The first kappa shape index (κ1) is 14.6. The van der Waals surface area contributed by atoms with Gasteiger partial charge in [0.1, 0.15) is 5.69 Å². The van der Waals surface area contributed by atoms with Gasteiger partial charge in [-0.15, -0.1) is 0 Å². The molecule has 0 bridgehead atoms. The van der Waals surface area contributed by atoms with Crippen LogP contribution in [0.25, 0.3) is 0 Å². The summed E-state index contributed by atoms with van der Waals surface area (Å²) in [6, 6.07) is 10.1. The van der Waals surface area contributed by atoms with Crippen molar-refractivity contribution in [2.24, 2.45) is 0 Å². The zero-order chi connectivity index (χ0) is 14.7. The molecule has 0 radical (unpaired) electrons. The van der Waals surface area contributed by atoms with Crippen LogP contribution in [0.3, 0.4) is 0 Å². The molecule has 0 atom stereocenters. The van der Waals surface area contributed by atoms with Gasteiger partial charge in [-0.25, -0.2) is 0 Å². The number of anilines is 1. The maximum absolute atomic E-state index is 11.0. The molecule has 1 N–H and O–H groups in total. The van der Waals surface area contributed by atoms with E-state index in [0.717, 1.165) is 11.1 Å². The lowest BCUT2D eigenvalue weighted by molar-refractivity contribution is -0.384. The van der Waals surface area contributed by atoms with Gasteiger partial charge in [0.25, 0.3) is 5.69 Å². The fourth-order valence-corrected chi connectivity index (χ4v) is 2.43. The van der Waals surface area contributed by atoms with Gasteiger partial charge in [0.2, 0.25) is 0 Å². The number of nitro groups is 1. The average Bonchev–Trinajstić information content (AvgIpc) is 2.35. The molecule has 0 spiro atoms. The van der Waals surface area contributed by atoms with Crippen molar-refractivity contribution in [3.05, 3.63) is 67.7 Å². The average molecular weight is 311 g/mol. The number of hydrogen-bond donors (Lipinski definition) is 1. The van der Waals surface area contributed by atoms with Gasteiger partial charge in [0.05, 0.1) is 4.92 Å². The van der Waals surface area contributed by atoms with Crippen molar-refractivity contribution in [3.63, 3.8) is 0 Å². The van der Waals surface area contributed by atoms with Gasteiger partial charge in [-0.2, -0.15) is 0 Å². The van der Waals surface area contributed by atoms with Crippen LogP contribution >= 0.6 is 23.2 Å². The Bertz CT molecular complexity index is 639. The molecule has 4 nitrogen and oxygen atoms in total. The predicted octanol–water partition coefficient (Wildman–Crippen LogP) is 4.82. The summed E-state index contributed by atoms with van der Waals surface area (Å²) in [7, 11) is 0. The highest BCUT2D eigenvalue weighted by Crippen LogP contribution is 2.26. The van der Waals surface area contributed by atoms with Crippen LogP contribution in [0.4, 0.5) is 11.4 Å². The number of hydrogen-bond acceptors (Lipinski definition) is 3. The Labute approximate surface area is 126 Å². The smallest absolute Gasteiger partial charge is 0.292 e. The summed E-state index contributed by atoms with van der Waals surface area (Å²) in [4.78, 5) is 10.6. The van der Waals surface area contributed by atoms with Crippen molar-refractivity contribution in [2.75, 3.05) is 5.32 Å². The van der Waals surface area contributed by atoms with Crippen LogP contribution in [0.15, 0.2) is 36.4 Å². The second-order valence-corrected chi connectivity index (χ2v) is 5.28. The Morgan fingerprint density at radius 1 is 1.15 bits per heavy atom. The maximum atomic E-state index is 11.0. The third-order valence-electron chi connectivity index (χ3n) is 2.75. The summed E-state index contributed by atoms with van der Waals surface area (Å²) in [6.45, 7) is 2.29. The van der Waals surface area contributed by atoms with Gasteiger partial charge in [0.15, 0.2) is 0 Å². The summed E-state index contributed by atoms with van der Waals surface area (Å²) < 4.78 is 0. The standard InChI is InChI=1S/C14H12Cl2N2O2/c1-9-2-3-14(18(19)20)13(4-9)17-8-10-5-11(15)7-12(16)6-10/h2-7,17H,8H2,1H3. The lowest BCUT2D eigenvalue weighted by atomic mass is 10.1. The quantitative estimate of drug-likeness (QED) is 0.650. The molecular formula is C14H12Cl2N2O2. The Morgan fingerprint density at radius 2 is 1.80 bits per heavy atom. The lowest BCUT2D eigenvalue weighted by Gasteiger charge is -2.09. The van der Waals surface area contributed by atoms with E-state index in [1.807, 2.05) is 6.92 Å². The monoisotopic (exact) mass is 310 g/mol. The molecule has 2 aromatic carbocycles. The molecule has 6 heteroatoms. The molecule has 0 aliphatic carbocycles. The highest BCUT2D eigenvalue weighted by molar-refractivity contribution is 6.34. The zero-order valence-corrected chi connectivity index (χ0v) is 12.2. The topological polar surface area (TPSA) is 55.2 Å². The molecule has 0 saturated carbocycles. The van der Waals surface area contributed by atoms with Crippen LogP contribution in [0.5, 0.6) is 0 Å². The van der Waals surface area contributed by atoms with Gasteiger partial charge in [-0.3, -0.25) is 10.1 Å². The number of rotatable bonds is 4. The van der Waals surface area contributed by atoms with Gasteiger partial charge >= 0.3 is 0 Å². The van der Waals surface area contributed by atoms with Gasteiger partial charge in [0, 0.05) is 22.7 Å². The van der Waals surface area contributed by atoms with Crippen molar-refractivity contribution in [2.45, 2.75) is 13.5 Å². The summed E-state index contributed by atoms with van der Waals surface area (Å²) in [5.74, 6) is 0. The lowest BCUT2D eigenvalue weighted by Crippen LogP contribution is -2.03. The highest BCUT2D eigenvalue weighted by Gasteiger charge is 2.13. The maximum Gasteiger partial charge on any atom is 0.292 e.